The van der Waals surface area contributed by atoms with Gasteiger partial charge in [0, 0.05) is 13.1 Å². The van der Waals surface area contributed by atoms with Crippen LogP contribution in [0.2, 0.25) is 0 Å². The van der Waals surface area contributed by atoms with Gasteiger partial charge in [0.15, 0.2) is 0 Å². The smallest absolute Gasteiger partial charge is 0.142 e. The number of likely N-dealkylation sites (N-methyl/N-ethyl adjacent to an activating group) is 1. The molecule has 1 atom stereocenters. The number of hydrogen-bond donors (Lipinski definition) is 1. The van der Waals surface area contributed by atoms with Crippen LogP contribution in [0, 0.1) is 0 Å². The Kier molecular flexibility index (Phi) is 3.34. The van der Waals surface area contributed by atoms with E-state index in [0.717, 1.165) is 31.7 Å². The zero-order valence-corrected chi connectivity index (χ0v) is 10.1. The second-order valence-electron chi connectivity index (χ2n) is 4.59. The summed E-state index contributed by atoms with van der Waals surface area (Å²) in [6.07, 6.45) is 2.07. The van der Waals surface area contributed by atoms with Crippen LogP contribution in [0.4, 0.5) is 5.69 Å². The molecule has 0 fully saturated rings. The van der Waals surface area contributed by atoms with E-state index in [4.69, 9.17) is 10.5 Å². The normalized spacial score (nSPS) is 16.6. The molecular weight excluding hydrogens is 200 g/mol. The third kappa shape index (κ3) is 2.47. The lowest BCUT2D eigenvalue weighted by Crippen LogP contribution is -2.28. The largest absolute Gasteiger partial charge is 0.490 e. The first-order valence-electron chi connectivity index (χ1n) is 5.89. The Morgan fingerprint density at radius 2 is 2.31 bits per heavy atom. The summed E-state index contributed by atoms with van der Waals surface area (Å²) in [6.45, 7) is 3.79. The molecule has 1 aromatic rings. The number of anilines is 1. The Morgan fingerprint density at radius 3 is 3.06 bits per heavy atom. The fourth-order valence-corrected chi connectivity index (χ4v) is 1.95. The molecule has 1 unspecified atom stereocenters. The lowest BCUT2D eigenvalue weighted by molar-refractivity contribution is 0.311. The first-order valence-corrected chi connectivity index (χ1v) is 5.89. The van der Waals surface area contributed by atoms with E-state index in [1.165, 1.54) is 11.3 Å². The molecule has 0 saturated heterocycles. The molecule has 16 heavy (non-hydrogen) atoms. The van der Waals surface area contributed by atoms with Crippen LogP contribution in [0.15, 0.2) is 18.2 Å². The summed E-state index contributed by atoms with van der Waals surface area (Å²) in [5.41, 5.74) is 8.31. The topological polar surface area (TPSA) is 38.5 Å². The molecule has 1 heterocycles. The summed E-state index contributed by atoms with van der Waals surface area (Å²) in [5, 5.41) is 0. The summed E-state index contributed by atoms with van der Waals surface area (Å²) in [5.74, 6) is 0.998. The Morgan fingerprint density at radius 1 is 1.50 bits per heavy atom. The molecule has 1 aromatic carbocycles. The molecule has 0 amide bonds. The van der Waals surface area contributed by atoms with E-state index in [0.29, 0.717) is 0 Å². The standard InChI is InChI=1S/C13H20N2O/c1-10(14)3-4-11-5-6-13-12(9-11)15(2)7-8-16-13/h5-6,9-10H,3-4,7-8,14H2,1-2H3. The minimum Gasteiger partial charge on any atom is -0.490 e. The van der Waals surface area contributed by atoms with Gasteiger partial charge in [-0.25, -0.2) is 0 Å². The van der Waals surface area contributed by atoms with Crippen LogP contribution < -0.4 is 15.4 Å². The van der Waals surface area contributed by atoms with Crippen molar-refractivity contribution in [3.63, 3.8) is 0 Å². The van der Waals surface area contributed by atoms with Gasteiger partial charge in [-0.1, -0.05) is 6.07 Å². The van der Waals surface area contributed by atoms with E-state index in [-0.39, 0.29) is 6.04 Å². The molecular formula is C13H20N2O. The molecule has 0 aliphatic carbocycles. The van der Waals surface area contributed by atoms with Gasteiger partial charge < -0.3 is 15.4 Å². The van der Waals surface area contributed by atoms with Gasteiger partial charge >= 0.3 is 0 Å². The van der Waals surface area contributed by atoms with E-state index in [1.54, 1.807) is 0 Å². The highest BCUT2D eigenvalue weighted by atomic mass is 16.5. The third-order valence-electron chi connectivity index (χ3n) is 3.01. The molecule has 2 rings (SSSR count). The monoisotopic (exact) mass is 220 g/mol. The summed E-state index contributed by atoms with van der Waals surface area (Å²) >= 11 is 0. The van der Waals surface area contributed by atoms with Crippen LogP contribution in [0.25, 0.3) is 0 Å². The van der Waals surface area contributed by atoms with Crippen LogP contribution in [0.3, 0.4) is 0 Å². The summed E-state index contributed by atoms with van der Waals surface area (Å²) < 4.78 is 5.61. The molecule has 3 nitrogen and oxygen atoms in total. The molecule has 88 valence electrons. The third-order valence-corrected chi connectivity index (χ3v) is 3.01. The van der Waals surface area contributed by atoms with Crippen LogP contribution >= 0.6 is 0 Å². The Hall–Kier alpha value is -1.22. The van der Waals surface area contributed by atoms with Gasteiger partial charge in [-0.05, 0) is 37.5 Å². The van der Waals surface area contributed by atoms with E-state index in [2.05, 4.69) is 30.1 Å². The average Bonchev–Trinajstić information content (AvgIpc) is 2.27. The van der Waals surface area contributed by atoms with Gasteiger partial charge in [0.1, 0.15) is 12.4 Å². The zero-order chi connectivity index (χ0) is 11.5. The number of aryl methyl sites for hydroxylation is 1. The molecule has 1 aliphatic heterocycles. The van der Waals surface area contributed by atoms with Gasteiger partial charge in [0.25, 0.3) is 0 Å². The number of benzene rings is 1. The average molecular weight is 220 g/mol. The van der Waals surface area contributed by atoms with Crippen molar-refractivity contribution in [2.45, 2.75) is 25.8 Å². The maximum atomic E-state index is 5.77. The molecule has 2 N–H and O–H groups in total. The van der Waals surface area contributed by atoms with Crippen LogP contribution in [0.5, 0.6) is 5.75 Å². The minimum absolute atomic E-state index is 0.269. The van der Waals surface area contributed by atoms with Gasteiger partial charge in [-0.15, -0.1) is 0 Å². The van der Waals surface area contributed by atoms with Crippen LogP contribution in [-0.2, 0) is 6.42 Å². The maximum absolute atomic E-state index is 5.77. The zero-order valence-electron chi connectivity index (χ0n) is 10.1. The molecule has 0 radical (unpaired) electrons. The highest BCUT2D eigenvalue weighted by Crippen LogP contribution is 2.31. The number of nitrogens with two attached hydrogens (primary N) is 1. The summed E-state index contributed by atoms with van der Waals surface area (Å²) in [6, 6.07) is 6.70. The van der Waals surface area contributed by atoms with E-state index in [1.807, 2.05) is 6.92 Å². The van der Waals surface area contributed by atoms with E-state index < -0.39 is 0 Å². The summed E-state index contributed by atoms with van der Waals surface area (Å²) in [4.78, 5) is 2.24. The quantitative estimate of drug-likeness (QED) is 0.844. The molecule has 0 aromatic heterocycles. The van der Waals surface area contributed by atoms with Crippen molar-refractivity contribution < 1.29 is 4.74 Å². The van der Waals surface area contributed by atoms with Gasteiger partial charge in [0.2, 0.25) is 0 Å². The fourth-order valence-electron chi connectivity index (χ4n) is 1.95. The molecule has 0 bridgehead atoms. The second kappa shape index (κ2) is 4.74. The number of fused-ring (bicyclic) bond motifs is 1. The van der Waals surface area contributed by atoms with Crippen LogP contribution in [0.1, 0.15) is 18.9 Å². The van der Waals surface area contributed by atoms with E-state index >= 15 is 0 Å². The molecule has 1 aliphatic rings. The number of nitrogens with zero attached hydrogens (tertiary/aromatic N) is 1. The van der Waals surface area contributed by atoms with Gasteiger partial charge in [-0.2, -0.15) is 0 Å². The summed E-state index contributed by atoms with van der Waals surface area (Å²) in [7, 11) is 2.11. The molecule has 0 spiro atoms. The SMILES string of the molecule is CC(N)CCc1ccc2c(c1)N(C)CCO2. The number of ether oxygens (including phenoxy) is 1. The maximum Gasteiger partial charge on any atom is 0.142 e. The van der Waals surface area contributed by atoms with E-state index in [9.17, 15) is 0 Å². The van der Waals surface area contributed by atoms with Crippen LogP contribution in [-0.4, -0.2) is 26.2 Å². The fraction of sp³-hybridized carbons (Fsp3) is 0.538. The Bertz CT molecular complexity index is 363. The second-order valence-corrected chi connectivity index (χ2v) is 4.59. The first kappa shape index (κ1) is 11.3. The number of hydrogen-bond acceptors (Lipinski definition) is 3. The minimum atomic E-state index is 0.269. The van der Waals surface area contributed by atoms with Crippen molar-refractivity contribution in [2.24, 2.45) is 5.73 Å². The highest BCUT2D eigenvalue weighted by Gasteiger charge is 2.14. The lowest BCUT2D eigenvalue weighted by Gasteiger charge is -2.28. The van der Waals surface area contributed by atoms with Gasteiger partial charge in [0.05, 0.1) is 12.2 Å². The van der Waals surface area contributed by atoms with Crippen molar-refractivity contribution in [3.8, 4) is 5.75 Å². The molecule has 3 heteroatoms. The first-order chi connectivity index (χ1) is 7.66. The lowest BCUT2D eigenvalue weighted by atomic mass is 10.0. The number of rotatable bonds is 3. The Balaban J connectivity index is 2.14. The highest BCUT2D eigenvalue weighted by molar-refractivity contribution is 5.60. The van der Waals surface area contributed by atoms with Crippen molar-refractivity contribution in [1.29, 1.82) is 0 Å². The van der Waals surface area contributed by atoms with Crippen molar-refractivity contribution >= 4 is 5.69 Å². The molecule has 0 saturated carbocycles. The van der Waals surface area contributed by atoms with Gasteiger partial charge in [-0.3, -0.25) is 0 Å². The van der Waals surface area contributed by atoms with Crippen molar-refractivity contribution in [3.05, 3.63) is 23.8 Å². The Labute approximate surface area is 97.2 Å². The van der Waals surface area contributed by atoms with Crippen molar-refractivity contribution in [2.75, 3.05) is 25.1 Å². The van der Waals surface area contributed by atoms with Crippen molar-refractivity contribution in [1.82, 2.24) is 0 Å². The predicted octanol–water partition coefficient (Wildman–Crippen LogP) is 1.80. The predicted molar refractivity (Wildman–Crippen MR) is 67.2 cm³/mol.